The minimum atomic E-state index is -0.855. The Kier molecular flexibility index (Phi) is 7.81. The van der Waals surface area contributed by atoms with Gasteiger partial charge in [0, 0.05) is 0 Å². The molecule has 0 fully saturated rings. The van der Waals surface area contributed by atoms with Crippen LogP contribution in [-0.4, -0.2) is 41.0 Å². The van der Waals surface area contributed by atoms with Gasteiger partial charge in [0.05, 0.1) is 6.61 Å². The van der Waals surface area contributed by atoms with E-state index in [1.54, 1.807) is 41.5 Å². The summed E-state index contributed by atoms with van der Waals surface area (Å²) in [6.07, 6.45) is -1.05. The predicted molar refractivity (Wildman–Crippen MR) is 85.3 cm³/mol. The molecule has 0 aliphatic heterocycles. The van der Waals surface area contributed by atoms with E-state index in [1.807, 2.05) is 6.92 Å². The first-order chi connectivity index (χ1) is 10.4. The summed E-state index contributed by atoms with van der Waals surface area (Å²) in [5.74, 6) is 4.92. The van der Waals surface area contributed by atoms with Crippen molar-refractivity contribution in [2.45, 2.75) is 66.1 Å². The Hall–Kier alpha value is -2.03. The van der Waals surface area contributed by atoms with Crippen molar-refractivity contribution >= 4 is 18.1 Å². The van der Waals surface area contributed by atoms with E-state index in [0.717, 1.165) is 0 Å². The number of hydrogen-bond acceptors (Lipinski definition) is 7. The Morgan fingerprint density at radius 3 is 2.00 bits per heavy atom. The largest absolute Gasteiger partial charge is 0.444 e. The number of hydrazone groups is 1. The van der Waals surface area contributed by atoms with E-state index >= 15 is 0 Å². The fourth-order valence-corrected chi connectivity index (χ4v) is 1.22. The summed E-state index contributed by atoms with van der Waals surface area (Å²) >= 11 is 0. The van der Waals surface area contributed by atoms with Crippen LogP contribution in [0.4, 0.5) is 9.59 Å². The molecule has 9 nitrogen and oxygen atoms in total. The molecule has 0 heterocycles. The van der Waals surface area contributed by atoms with Crippen LogP contribution in [0.2, 0.25) is 0 Å². The number of nitrogens with one attached hydrogen (secondary N) is 1. The molecular weight excluding hydrogens is 304 g/mol. The van der Waals surface area contributed by atoms with Crippen molar-refractivity contribution in [1.29, 1.82) is 0 Å². The standard InChI is InChI=1S/C14H28N4O5/c1-8-9-21-18(12(20)23-14(5,6)7)10(17-15)16-11(19)22-13(2,3)4/h8-9,15H2,1-7H3,(H,16,17,19). The maximum absolute atomic E-state index is 12.2. The SMILES string of the molecule is CCCON(C(=O)OC(C)(C)C)C(=NN)NC(=O)OC(C)(C)C. The molecule has 0 aliphatic carbocycles. The number of guanidine groups is 1. The summed E-state index contributed by atoms with van der Waals surface area (Å²) in [4.78, 5) is 29.3. The van der Waals surface area contributed by atoms with Crippen LogP contribution in [0.25, 0.3) is 0 Å². The smallest absolute Gasteiger partial charge is 0.442 e. The number of hydroxylamine groups is 2. The molecular formula is C14H28N4O5. The number of amides is 2. The van der Waals surface area contributed by atoms with E-state index in [0.29, 0.717) is 11.5 Å². The normalized spacial score (nSPS) is 12.6. The highest BCUT2D eigenvalue weighted by Crippen LogP contribution is 2.11. The van der Waals surface area contributed by atoms with Gasteiger partial charge in [0.2, 0.25) is 0 Å². The number of nitrogens with zero attached hydrogens (tertiary/aromatic N) is 2. The first kappa shape index (κ1) is 21.0. The van der Waals surface area contributed by atoms with Crippen LogP contribution in [-0.2, 0) is 14.3 Å². The molecule has 0 atom stereocenters. The first-order valence-corrected chi connectivity index (χ1v) is 7.33. The Balaban J connectivity index is 5.11. The topological polar surface area (TPSA) is 115 Å². The highest BCUT2D eigenvalue weighted by molar-refractivity contribution is 6.00. The highest BCUT2D eigenvalue weighted by atomic mass is 16.7. The molecule has 0 unspecified atom stereocenters. The summed E-state index contributed by atoms with van der Waals surface area (Å²) < 4.78 is 10.3. The van der Waals surface area contributed by atoms with Crippen molar-refractivity contribution < 1.29 is 23.9 Å². The van der Waals surface area contributed by atoms with E-state index in [2.05, 4.69) is 10.4 Å². The number of alkyl carbamates (subject to hydrolysis) is 1. The molecule has 134 valence electrons. The van der Waals surface area contributed by atoms with Crippen LogP contribution in [0, 0.1) is 0 Å². The molecule has 0 aromatic heterocycles. The third kappa shape index (κ3) is 9.56. The Morgan fingerprint density at radius 1 is 1.09 bits per heavy atom. The Morgan fingerprint density at radius 2 is 1.61 bits per heavy atom. The average Bonchev–Trinajstić information content (AvgIpc) is 2.33. The molecule has 0 aromatic rings. The molecule has 2 amide bonds. The molecule has 0 radical (unpaired) electrons. The van der Waals surface area contributed by atoms with Gasteiger partial charge in [-0.1, -0.05) is 6.92 Å². The second-order valence-electron chi connectivity index (χ2n) is 6.69. The van der Waals surface area contributed by atoms with Gasteiger partial charge in [-0.15, -0.1) is 10.2 Å². The number of ether oxygens (including phenoxy) is 2. The lowest BCUT2D eigenvalue weighted by molar-refractivity contribution is -0.102. The van der Waals surface area contributed by atoms with Gasteiger partial charge >= 0.3 is 12.2 Å². The van der Waals surface area contributed by atoms with E-state index < -0.39 is 23.4 Å². The average molecular weight is 332 g/mol. The van der Waals surface area contributed by atoms with Crippen LogP contribution in [0.5, 0.6) is 0 Å². The van der Waals surface area contributed by atoms with Crippen LogP contribution in [0.1, 0.15) is 54.9 Å². The zero-order chi connectivity index (χ0) is 18.3. The van der Waals surface area contributed by atoms with Gasteiger partial charge in [-0.3, -0.25) is 10.2 Å². The summed E-state index contributed by atoms with van der Waals surface area (Å²) in [5.41, 5.74) is -1.47. The fraction of sp³-hybridized carbons (Fsp3) is 0.786. The maximum atomic E-state index is 12.2. The molecule has 0 aliphatic rings. The van der Waals surface area contributed by atoms with Crippen molar-refractivity contribution in [2.24, 2.45) is 10.9 Å². The van der Waals surface area contributed by atoms with Crippen LogP contribution in [0.3, 0.4) is 0 Å². The van der Waals surface area contributed by atoms with Gasteiger partial charge < -0.3 is 15.3 Å². The minimum absolute atomic E-state index is 0.203. The van der Waals surface area contributed by atoms with E-state index in [9.17, 15) is 9.59 Å². The van der Waals surface area contributed by atoms with Gasteiger partial charge in [-0.05, 0) is 48.0 Å². The fourth-order valence-electron chi connectivity index (χ4n) is 1.22. The van der Waals surface area contributed by atoms with E-state index in [4.69, 9.17) is 20.2 Å². The molecule has 0 spiro atoms. The minimum Gasteiger partial charge on any atom is -0.444 e. The van der Waals surface area contributed by atoms with Crippen molar-refractivity contribution in [3.05, 3.63) is 0 Å². The van der Waals surface area contributed by atoms with Crippen LogP contribution >= 0.6 is 0 Å². The molecule has 3 N–H and O–H groups in total. The van der Waals surface area contributed by atoms with Crippen molar-refractivity contribution in [3.63, 3.8) is 0 Å². The second-order valence-corrected chi connectivity index (χ2v) is 6.69. The van der Waals surface area contributed by atoms with Gasteiger partial charge in [0.25, 0.3) is 5.96 Å². The first-order valence-electron chi connectivity index (χ1n) is 7.33. The van der Waals surface area contributed by atoms with Gasteiger partial charge in [0.1, 0.15) is 11.2 Å². The number of nitrogens with two attached hydrogens (primary N) is 1. The lowest BCUT2D eigenvalue weighted by Crippen LogP contribution is -2.50. The van der Waals surface area contributed by atoms with Gasteiger partial charge in [-0.2, -0.15) is 0 Å². The molecule has 0 bridgehead atoms. The number of hydrogen-bond donors (Lipinski definition) is 2. The van der Waals surface area contributed by atoms with Gasteiger partial charge in [-0.25, -0.2) is 9.59 Å². The monoisotopic (exact) mass is 332 g/mol. The summed E-state index contributed by atoms with van der Waals surface area (Å²) in [5, 5.41) is 6.32. The molecule has 0 saturated heterocycles. The summed E-state index contributed by atoms with van der Waals surface area (Å²) in [6.45, 7) is 12.2. The zero-order valence-corrected chi connectivity index (χ0v) is 14.9. The Bertz CT molecular complexity index is 437. The number of carbonyl (C=O) groups excluding carboxylic acids is 2. The lowest BCUT2D eigenvalue weighted by Gasteiger charge is -2.27. The Labute approximate surface area is 137 Å². The van der Waals surface area contributed by atoms with Crippen molar-refractivity contribution in [3.8, 4) is 0 Å². The van der Waals surface area contributed by atoms with Crippen molar-refractivity contribution in [1.82, 2.24) is 10.4 Å². The molecule has 0 rings (SSSR count). The second kappa shape index (κ2) is 8.56. The molecule has 0 saturated carbocycles. The third-order valence-corrected chi connectivity index (χ3v) is 1.91. The summed E-state index contributed by atoms with van der Waals surface area (Å²) in [7, 11) is 0. The maximum Gasteiger partial charge on any atom is 0.442 e. The predicted octanol–water partition coefficient (Wildman–Crippen LogP) is 2.32. The van der Waals surface area contributed by atoms with Gasteiger partial charge in [0.15, 0.2) is 0 Å². The molecule has 23 heavy (non-hydrogen) atoms. The molecule has 0 aromatic carbocycles. The number of rotatable bonds is 3. The number of carbonyl (C=O) groups is 2. The molecule has 9 heteroatoms. The lowest BCUT2D eigenvalue weighted by atomic mass is 10.2. The summed E-state index contributed by atoms with van der Waals surface area (Å²) in [6, 6.07) is 0. The van der Waals surface area contributed by atoms with E-state index in [1.165, 1.54) is 0 Å². The van der Waals surface area contributed by atoms with E-state index in [-0.39, 0.29) is 12.6 Å². The third-order valence-electron chi connectivity index (χ3n) is 1.91. The quantitative estimate of drug-likeness (QED) is 0.355. The highest BCUT2D eigenvalue weighted by Gasteiger charge is 2.29. The van der Waals surface area contributed by atoms with Crippen LogP contribution < -0.4 is 11.2 Å². The van der Waals surface area contributed by atoms with Crippen LogP contribution in [0.15, 0.2) is 5.10 Å². The zero-order valence-electron chi connectivity index (χ0n) is 14.9. The van der Waals surface area contributed by atoms with Crippen molar-refractivity contribution in [2.75, 3.05) is 6.61 Å².